The highest BCUT2D eigenvalue weighted by atomic mass is 35.5. The Hall–Kier alpha value is -3.71. The van der Waals surface area contributed by atoms with Crippen molar-refractivity contribution < 1.29 is 15.0 Å². The maximum Gasteiger partial charge on any atom is 0.253 e. The number of carbonyl (C=O) groups is 1. The normalized spacial score (nSPS) is 14.2. The predicted molar refractivity (Wildman–Crippen MR) is 128 cm³/mol. The minimum absolute atomic E-state index is 0.0709. The molecule has 2 heterocycles. The van der Waals surface area contributed by atoms with Crippen molar-refractivity contribution >= 4 is 40.0 Å². The monoisotopic (exact) mass is 476 g/mol. The number of anilines is 1. The summed E-state index contributed by atoms with van der Waals surface area (Å²) in [5, 5.41) is 34.5. The van der Waals surface area contributed by atoms with E-state index >= 15 is 0 Å². The molecule has 0 spiro atoms. The number of amides is 1. The van der Waals surface area contributed by atoms with Crippen LogP contribution in [-0.4, -0.2) is 55.8 Å². The lowest BCUT2D eigenvalue weighted by atomic mass is 10.1. The van der Waals surface area contributed by atoms with Gasteiger partial charge in [0.15, 0.2) is 11.5 Å². The summed E-state index contributed by atoms with van der Waals surface area (Å²) in [5.74, 6) is 0.206. The number of halogens is 1. The molecule has 0 aliphatic heterocycles. The maximum atomic E-state index is 12.5. The van der Waals surface area contributed by atoms with Crippen LogP contribution in [-0.2, 0) is 0 Å². The second kappa shape index (κ2) is 8.91. The van der Waals surface area contributed by atoms with E-state index in [1.165, 1.54) is 0 Å². The molecule has 5 rings (SSSR count). The number of nitriles is 1. The van der Waals surface area contributed by atoms with Crippen molar-refractivity contribution in [3.63, 3.8) is 0 Å². The summed E-state index contributed by atoms with van der Waals surface area (Å²) >= 11 is 6.48. The third kappa shape index (κ3) is 4.15. The van der Waals surface area contributed by atoms with Gasteiger partial charge in [-0.2, -0.15) is 5.26 Å². The minimum Gasteiger partial charge on any atom is -0.394 e. The second-order valence-electron chi connectivity index (χ2n) is 8.24. The molecule has 34 heavy (non-hydrogen) atoms. The van der Waals surface area contributed by atoms with Gasteiger partial charge in [-0.1, -0.05) is 17.7 Å². The molecular formula is C24H21ClN6O3. The van der Waals surface area contributed by atoms with E-state index in [1.807, 2.05) is 10.5 Å². The quantitative estimate of drug-likeness (QED) is 0.322. The number of imidazole rings is 1. The van der Waals surface area contributed by atoms with Crippen molar-refractivity contribution in [3.8, 4) is 17.3 Å². The first kappa shape index (κ1) is 22.1. The number of rotatable bonds is 7. The van der Waals surface area contributed by atoms with Crippen LogP contribution >= 0.6 is 11.6 Å². The van der Waals surface area contributed by atoms with Gasteiger partial charge < -0.3 is 20.8 Å². The van der Waals surface area contributed by atoms with Crippen molar-refractivity contribution in [2.24, 2.45) is 0 Å². The number of aromatic nitrogens is 3. The molecule has 2 aromatic carbocycles. The SMILES string of the molecule is N#Cc1ccc2c(c1)nc(NC[C@@H](O)CO)c1ncc(-c3ccc(C(=O)NC4CC4)c(Cl)c3)n12. The highest BCUT2D eigenvalue weighted by molar-refractivity contribution is 6.34. The number of nitrogens with zero attached hydrogens (tertiary/aromatic N) is 4. The van der Waals surface area contributed by atoms with Crippen LogP contribution in [0.25, 0.3) is 27.9 Å². The number of hydrogen-bond acceptors (Lipinski definition) is 7. The molecule has 0 unspecified atom stereocenters. The van der Waals surface area contributed by atoms with E-state index in [1.54, 1.807) is 36.5 Å². The van der Waals surface area contributed by atoms with Crippen LogP contribution in [0.5, 0.6) is 0 Å². The number of hydrogen-bond donors (Lipinski definition) is 4. The van der Waals surface area contributed by atoms with Crippen LogP contribution in [0.15, 0.2) is 42.6 Å². The lowest BCUT2D eigenvalue weighted by molar-refractivity contribution is 0.0951. The van der Waals surface area contributed by atoms with E-state index in [0.717, 1.165) is 23.9 Å². The molecule has 9 nitrogen and oxygen atoms in total. The van der Waals surface area contributed by atoms with Gasteiger partial charge >= 0.3 is 0 Å². The van der Waals surface area contributed by atoms with Gasteiger partial charge in [-0.15, -0.1) is 0 Å². The molecular weight excluding hydrogens is 456 g/mol. The zero-order valence-corrected chi connectivity index (χ0v) is 18.8. The number of benzene rings is 2. The molecule has 1 aliphatic carbocycles. The molecule has 0 bridgehead atoms. The van der Waals surface area contributed by atoms with Gasteiger partial charge in [-0.25, -0.2) is 9.97 Å². The lowest BCUT2D eigenvalue weighted by Crippen LogP contribution is -2.25. The molecule has 172 valence electrons. The van der Waals surface area contributed by atoms with Crippen molar-refractivity contribution in [3.05, 3.63) is 58.7 Å². The minimum atomic E-state index is -0.967. The first-order valence-corrected chi connectivity index (χ1v) is 11.2. The fourth-order valence-electron chi connectivity index (χ4n) is 3.76. The van der Waals surface area contributed by atoms with Crippen LogP contribution < -0.4 is 10.6 Å². The average Bonchev–Trinajstić information content (AvgIpc) is 3.55. The first-order chi connectivity index (χ1) is 16.5. The van der Waals surface area contributed by atoms with E-state index in [2.05, 4.69) is 26.7 Å². The Labute approximate surface area is 199 Å². The molecule has 1 aliphatic rings. The van der Waals surface area contributed by atoms with Crippen LogP contribution in [0.3, 0.4) is 0 Å². The van der Waals surface area contributed by atoms with Crippen LogP contribution in [0, 0.1) is 11.3 Å². The third-order valence-electron chi connectivity index (χ3n) is 5.69. The largest absolute Gasteiger partial charge is 0.394 e. The average molecular weight is 477 g/mol. The third-order valence-corrected chi connectivity index (χ3v) is 6.00. The summed E-state index contributed by atoms with van der Waals surface area (Å²) in [7, 11) is 0. The number of aliphatic hydroxyl groups excluding tert-OH is 2. The van der Waals surface area contributed by atoms with Gasteiger partial charge in [0.25, 0.3) is 5.91 Å². The fourth-order valence-corrected chi connectivity index (χ4v) is 4.02. The molecule has 1 amide bonds. The van der Waals surface area contributed by atoms with Gasteiger partial charge in [0.1, 0.15) is 0 Å². The molecule has 0 radical (unpaired) electrons. The standard InChI is InChI=1S/C24H21ClN6O3/c25-18-8-14(2-5-17(18)24(34)29-15-3-4-15)21-11-28-23-22(27-10-16(33)12-32)30-19-7-13(9-26)1-6-20(19)31(21)23/h1-2,5-8,11,15-16,32-33H,3-4,10,12H2,(H,27,30)(H,29,34)/t16-/m1/s1. The Morgan fingerprint density at radius 3 is 2.82 bits per heavy atom. The van der Waals surface area contributed by atoms with E-state index in [4.69, 9.17) is 16.7 Å². The summed E-state index contributed by atoms with van der Waals surface area (Å²) in [6.45, 7) is -0.324. The summed E-state index contributed by atoms with van der Waals surface area (Å²) in [6, 6.07) is 12.8. The fraction of sp³-hybridized carbons (Fsp3) is 0.250. The second-order valence-corrected chi connectivity index (χ2v) is 8.65. The molecule has 0 saturated heterocycles. The summed E-state index contributed by atoms with van der Waals surface area (Å²) in [4.78, 5) is 21.6. The van der Waals surface area contributed by atoms with Crippen LogP contribution in [0.4, 0.5) is 5.82 Å². The van der Waals surface area contributed by atoms with Gasteiger partial charge in [0, 0.05) is 18.2 Å². The molecule has 4 aromatic rings. The molecule has 1 fully saturated rings. The van der Waals surface area contributed by atoms with Gasteiger partial charge in [-0.3, -0.25) is 9.20 Å². The highest BCUT2D eigenvalue weighted by Crippen LogP contribution is 2.31. The highest BCUT2D eigenvalue weighted by Gasteiger charge is 2.25. The Balaban J connectivity index is 1.63. The van der Waals surface area contributed by atoms with E-state index < -0.39 is 12.7 Å². The molecule has 1 saturated carbocycles. The van der Waals surface area contributed by atoms with Gasteiger partial charge in [0.05, 0.1) is 57.9 Å². The molecule has 10 heteroatoms. The lowest BCUT2D eigenvalue weighted by Gasteiger charge is -2.14. The van der Waals surface area contributed by atoms with E-state index in [9.17, 15) is 15.2 Å². The number of aliphatic hydroxyl groups is 2. The number of fused-ring (bicyclic) bond motifs is 3. The van der Waals surface area contributed by atoms with E-state index in [0.29, 0.717) is 38.8 Å². The number of carbonyl (C=O) groups excluding carboxylic acids is 1. The van der Waals surface area contributed by atoms with Crippen LogP contribution in [0.2, 0.25) is 5.02 Å². The summed E-state index contributed by atoms with van der Waals surface area (Å²) in [6.07, 6.45) is 2.69. The smallest absolute Gasteiger partial charge is 0.253 e. The molecule has 2 aromatic heterocycles. The van der Waals surface area contributed by atoms with Gasteiger partial charge in [0.2, 0.25) is 0 Å². The first-order valence-electron chi connectivity index (χ1n) is 10.8. The number of nitrogens with one attached hydrogen (secondary N) is 2. The van der Waals surface area contributed by atoms with Crippen molar-refractivity contribution in [2.75, 3.05) is 18.5 Å². The van der Waals surface area contributed by atoms with Crippen molar-refractivity contribution in [1.82, 2.24) is 19.7 Å². The maximum absolute atomic E-state index is 12.5. The zero-order chi connectivity index (χ0) is 23.8. The Morgan fingerprint density at radius 2 is 2.12 bits per heavy atom. The van der Waals surface area contributed by atoms with Gasteiger partial charge in [-0.05, 0) is 43.2 Å². The van der Waals surface area contributed by atoms with E-state index in [-0.39, 0.29) is 18.5 Å². The zero-order valence-electron chi connectivity index (χ0n) is 18.0. The van der Waals surface area contributed by atoms with Crippen LogP contribution in [0.1, 0.15) is 28.8 Å². The Kier molecular flexibility index (Phi) is 5.79. The Bertz CT molecular complexity index is 1460. The predicted octanol–water partition coefficient (Wildman–Crippen LogP) is 2.73. The summed E-state index contributed by atoms with van der Waals surface area (Å²) in [5.41, 5.74) is 4.12. The Morgan fingerprint density at radius 1 is 1.29 bits per heavy atom. The van der Waals surface area contributed by atoms with Crippen molar-refractivity contribution in [1.29, 1.82) is 5.26 Å². The van der Waals surface area contributed by atoms with Crippen molar-refractivity contribution in [2.45, 2.75) is 25.0 Å². The summed E-state index contributed by atoms with van der Waals surface area (Å²) < 4.78 is 1.88. The topological polar surface area (TPSA) is 136 Å². The molecule has 1 atom stereocenters. The molecule has 4 N–H and O–H groups in total.